The molecule has 0 saturated carbocycles. The lowest BCUT2D eigenvalue weighted by Gasteiger charge is -2.21. The maximum Gasteiger partial charge on any atom is 0.335 e. The number of carboxylic acids is 1. The average Bonchev–Trinajstić information content (AvgIpc) is 2.29. The summed E-state index contributed by atoms with van der Waals surface area (Å²) in [7, 11) is 1.44. The van der Waals surface area contributed by atoms with Crippen LogP contribution in [0.5, 0.6) is 0 Å². The van der Waals surface area contributed by atoms with Crippen LogP contribution in [0.3, 0.4) is 0 Å². The molecule has 0 spiro atoms. The number of ether oxygens (including phenoxy) is 1. The summed E-state index contributed by atoms with van der Waals surface area (Å²) in [5.41, 5.74) is -0.405. The third-order valence-electron chi connectivity index (χ3n) is 2.42. The van der Waals surface area contributed by atoms with Crippen molar-refractivity contribution in [3.63, 3.8) is 0 Å². The van der Waals surface area contributed by atoms with Gasteiger partial charge in [0.15, 0.2) is 0 Å². The molecule has 5 heteroatoms. The number of benzene rings is 1. The maximum absolute atomic E-state index is 11.8. The van der Waals surface area contributed by atoms with E-state index in [1.807, 2.05) is 0 Å². The Balaban J connectivity index is 2.86. The molecule has 0 unspecified atom stereocenters. The summed E-state index contributed by atoms with van der Waals surface area (Å²) in [5.74, 6) is -1.37. The topological polar surface area (TPSA) is 75.6 Å². The van der Waals surface area contributed by atoms with Gasteiger partial charge >= 0.3 is 5.97 Å². The van der Waals surface area contributed by atoms with E-state index in [1.54, 1.807) is 26.0 Å². The van der Waals surface area contributed by atoms with E-state index in [4.69, 9.17) is 9.84 Å². The van der Waals surface area contributed by atoms with Crippen LogP contribution in [0.1, 0.15) is 24.2 Å². The fraction of sp³-hybridized carbons (Fsp3) is 0.333. The van der Waals surface area contributed by atoms with Gasteiger partial charge in [0.25, 0.3) is 5.91 Å². The van der Waals surface area contributed by atoms with Crippen molar-refractivity contribution in [3.8, 4) is 0 Å². The highest BCUT2D eigenvalue weighted by atomic mass is 16.5. The van der Waals surface area contributed by atoms with Gasteiger partial charge in [-0.3, -0.25) is 4.79 Å². The first-order chi connectivity index (χ1) is 7.86. The van der Waals surface area contributed by atoms with Crippen LogP contribution in [0.4, 0.5) is 5.69 Å². The standard InChI is InChI=1S/C12H15NO4/c1-12(2,17-3)11(16)13-9-6-4-5-8(7-9)10(14)15/h4-7H,1-3H3,(H,13,16)(H,14,15). The molecule has 1 aromatic carbocycles. The third-order valence-corrected chi connectivity index (χ3v) is 2.42. The summed E-state index contributed by atoms with van der Waals surface area (Å²) in [6, 6.07) is 6.04. The Morgan fingerprint density at radius 1 is 1.35 bits per heavy atom. The minimum Gasteiger partial charge on any atom is -0.478 e. The lowest BCUT2D eigenvalue weighted by molar-refractivity contribution is -0.133. The number of carboxylic acid groups (broad SMARTS) is 1. The molecule has 17 heavy (non-hydrogen) atoms. The summed E-state index contributed by atoms with van der Waals surface area (Å²) >= 11 is 0. The normalized spacial score (nSPS) is 11.0. The molecule has 0 bridgehead atoms. The largest absolute Gasteiger partial charge is 0.478 e. The molecule has 0 atom stereocenters. The molecule has 0 aliphatic rings. The summed E-state index contributed by atoms with van der Waals surface area (Å²) < 4.78 is 5.02. The van der Waals surface area contributed by atoms with E-state index in [9.17, 15) is 9.59 Å². The van der Waals surface area contributed by atoms with Crippen LogP contribution in [0, 0.1) is 0 Å². The SMILES string of the molecule is COC(C)(C)C(=O)Nc1cccc(C(=O)O)c1. The van der Waals surface area contributed by atoms with Gasteiger partial charge in [-0.05, 0) is 32.0 Å². The molecule has 0 aliphatic heterocycles. The number of hydrogen-bond donors (Lipinski definition) is 2. The van der Waals surface area contributed by atoms with Gasteiger partial charge < -0.3 is 15.2 Å². The van der Waals surface area contributed by atoms with E-state index < -0.39 is 11.6 Å². The van der Waals surface area contributed by atoms with Gasteiger partial charge in [-0.1, -0.05) is 6.07 Å². The van der Waals surface area contributed by atoms with Gasteiger partial charge in [0, 0.05) is 12.8 Å². The van der Waals surface area contributed by atoms with Crippen LogP contribution < -0.4 is 5.32 Å². The number of hydrogen-bond acceptors (Lipinski definition) is 3. The fourth-order valence-corrected chi connectivity index (χ4v) is 1.10. The van der Waals surface area contributed by atoms with Crippen molar-refractivity contribution in [3.05, 3.63) is 29.8 Å². The van der Waals surface area contributed by atoms with E-state index in [1.165, 1.54) is 19.2 Å². The molecule has 5 nitrogen and oxygen atoms in total. The van der Waals surface area contributed by atoms with E-state index in [0.717, 1.165) is 0 Å². The van der Waals surface area contributed by atoms with Crippen molar-refractivity contribution in [1.29, 1.82) is 0 Å². The van der Waals surface area contributed by atoms with Gasteiger partial charge in [-0.2, -0.15) is 0 Å². The Morgan fingerprint density at radius 3 is 2.53 bits per heavy atom. The Bertz CT molecular complexity index is 440. The highest BCUT2D eigenvalue weighted by Crippen LogP contribution is 2.15. The predicted octanol–water partition coefficient (Wildman–Crippen LogP) is 1.75. The smallest absolute Gasteiger partial charge is 0.335 e. The molecule has 2 N–H and O–H groups in total. The zero-order chi connectivity index (χ0) is 13.1. The number of carbonyl (C=O) groups excluding carboxylic acids is 1. The van der Waals surface area contributed by atoms with E-state index >= 15 is 0 Å². The number of rotatable bonds is 4. The number of amides is 1. The summed E-state index contributed by atoms with van der Waals surface area (Å²) in [5, 5.41) is 11.4. The summed E-state index contributed by atoms with van der Waals surface area (Å²) in [6.07, 6.45) is 0. The summed E-state index contributed by atoms with van der Waals surface area (Å²) in [6.45, 7) is 3.26. The van der Waals surface area contributed by atoms with Gasteiger partial charge in [-0.15, -0.1) is 0 Å². The van der Waals surface area contributed by atoms with Crippen molar-refractivity contribution < 1.29 is 19.4 Å². The number of anilines is 1. The molecule has 0 fully saturated rings. The zero-order valence-electron chi connectivity index (χ0n) is 9.98. The quantitative estimate of drug-likeness (QED) is 0.836. The van der Waals surface area contributed by atoms with Crippen molar-refractivity contribution in [2.75, 3.05) is 12.4 Å². The number of nitrogens with one attached hydrogen (secondary N) is 1. The second-order valence-electron chi connectivity index (χ2n) is 4.05. The van der Waals surface area contributed by atoms with Crippen LogP contribution in [0.25, 0.3) is 0 Å². The number of aromatic carboxylic acids is 1. The van der Waals surface area contributed by atoms with Gasteiger partial charge in [0.2, 0.25) is 0 Å². The van der Waals surface area contributed by atoms with Crippen molar-refractivity contribution in [2.24, 2.45) is 0 Å². The second kappa shape index (κ2) is 4.97. The Kier molecular flexibility index (Phi) is 3.85. The van der Waals surface area contributed by atoms with E-state index in [-0.39, 0.29) is 11.5 Å². The van der Waals surface area contributed by atoms with Gasteiger partial charge in [-0.25, -0.2) is 4.79 Å². The molecule has 1 aromatic rings. The van der Waals surface area contributed by atoms with Gasteiger partial charge in [0.05, 0.1) is 5.56 Å². The van der Waals surface area contributed by atoms with Crippen molar-refractivity contribution in [2.45, 2.75) is 19.4 Å². The second-order valence-corrected chi connectivity index (χ2v) is 4.05. The van der Waals surface area contributed by atoms with Crippen LogP contribution in [-0.4, -0.2) is 29.7 Å². The molecule has 0 aromatic heterocycles. The van der Waals surface area contributed by atoms with E-state index in [0.29, 0.717) is 5.69 Å². The Labute approximate surface area is 99.4 Å². The zero-order valence-corrected chi connectivity index (χ0v) is 9.98. The average molecular weight is 237 g/mol. The molecule has 0 radical (unpaired) electrons. The molecule has 0 heterocycles. The monoisotopic (exact) mass is 237 g/mol. The molecule has 1 amide bonds. The highest BCUT2D eigenvalue weighted by molar-refractivity contribution is 5.98. The van der Waals surface area contributed by atoms with Crippen molar-refractivity contribution in [1.82, 2.24) is 0 Å². The highest BCUT2D eigenvalue weighted by Gasteiger charge is 2.26. The van der Waals surface area contributed by atoms with Gasteiger partial charge in [0.1, 0.15) is 5.60 Å². The van der Waals surface area contributed by atoms with E-state index in [2.05, 4.69) is 5.32 Å². The minimum atomic E-state index is -1.04. The molecular formula is C12H15NO4. The summed E-state index contributed by atoms with van der Waals surface area (Å²) in [4.78, 5) is 22.5. The molecule has 1 rings (SSSR count). The predicted molar refractivity (Wildman–Crippen MR) is 63.1 cm³/mol. The first-order valence-corrected chi connectivity index (χ1v) is 5.07. The molecule has 92 valence electrons. The Morgan fingerprint density at radius 2 is 2.00 bits per heavy atom. The minimum absolute atomic E-state index is 0.123. The number of methoxy groups -OCH3 is 1. The molecule has 0 aliphatic carbocycles. The van der Waals surface area contributed by atoms with Crippen LogP contribution >= 0.6 is 0 Å². The fourth-order valence-electron chi connectivity index (χ4n) is 1.10. The first-order valence-electron chi connectivity index (χ1n) is 5.07. The Hall–Kier alpha value is -1.88. The van der Waals surface area contributed by atoms with Crippen molar-refractivity contribution >= 4 is 17.6 Å². The molecular weight excluding hydrogens is 222 g/mol. The maximum atomic E-state index is 11.8. The lowest BCUT2D eigenvalue weighted by atomic mass is 10.1. The van der Waals surface area contributed by atoms with Crippen LogP contribution in [0.15, 0.2) is 24.3 Å². The third kappa shape index (κ3) is 3.29. The van der Waals surface area contributed by atoms with Crippen LogP contribution in [-0.2, 0) is 9.53 Å². The molecule has 0 saturated heterocycles. The van der Waals surface area contributed by atoms with Crippen LogP contribution in [0.2, 0.25) is 0 Å². The lowest BCUT2D eigenvalue weighted by Crippen LogP contribution is -2.38. The first kappa shape index (κ1) is 13.2. The number of carbonyl (C=O) groups is 2.